The lowest BCUT2D eigenvalue weighted by molar-refractivity contribution is 0.281. The number of aliphatic hydroxyl groups is 1. The number of rotatable bonds is 3. The van der Waals surface area contributed by atoms with Gasteiger partial charge < -0.3 is 10.4 Å². The molecule has 0 radical (unpaired) electrons. The molecule has 0 atom stereocenters. The molecule has 2 N–H and O–H groups in total. The number of hydrogen-bond donors (Lipinski definition) is 2. The predicted octanol–water partition coefficient (Wildman–Crippen LogP) is 2.74. The zero-order valence-corrected chi connectivity index (χ0v) is 9.45. The first-order valence-electron chi connectivity index (χ1n) is 4.75. The molecule has 0 aliphatic carbocycles. The number of anilines is 2. The third kappa shape index (κ3) is 3.22. The second kappa shape index (κ2) is 6.10. The molecule has 0 aliphatic heterocycles. The molecule has 0 bridgehead atoms. The number of benzene rings is 1. The van der Waals surface area contributed by atoms with Gasteiger partial charge in [-0.25, -0.2) is 0 Å². The number of aliphatic hydroxyl groups excluding tert-OH is 1. The molecule has 1 aromatic carbocycles. The summed E-state index contributed by atoms with van der Waals surface area (Å²) < 4.78 is 0. The maximum absolute atomic E-state index is 8.96. The van der Waals surface area contributed by atoms with Crippen molar-refractivity contribution in [1.82, 2.24) is 4.98 Å². The largest absolute Gasteiger partial charge is 0.392 e. The fraction of sp³-hybridized carbons (Fsp3) is 0.0833. The van der Waals surface area contributed by atoms with Crippen LogP contribution < -0.4 is 5.32 Å². The molecule has 0 spiro atoms. The number of hydrogen-bond acceptors (Lipinski definition) is 3. The van der Waals surface area contributed by atoms with Gasteiger partial charge in [-0.1, -0.05) is 18.2 Å². The van der Waals surface area contributed by atoms with E-state index in [-0.39, 0.29) is 19.0 Å². The Kier molecular flexibility index (Phi) is 4.76. The maximum Gasteiger partial charge on any atom is 0.0697 e. The number of halogens is 1. The number of aromatic nitrogens is 1. The Morgan fingerprint density at radius 1 is 1.06 bits per heavy atom. The van der Waals surface area contributed by atoms with Gasteiger partial charge in [-0.2, -0.15) is 0 Å². The maximum atomic E-state index is 8.96. The first-order chi connectivity index (χ1) is 7.38. The summed E-state index contributed by atoms with van der Waals surface area (Å²) in [4.78, 5) is 4.03. The van der Waals surface area contributed by atoms with Gasteiger partial charge in [-0.3, -0.25) is 4.98 Å². The lowest BCUT2D eigenvalue weighted by Crippen LogP contribution is -1.93. The van der Waals surface area contributed by atoms with Crippen molar-refractivity contribution in [2.75, 3.05) is 5.32 Å². The van der Waals surface area contributed by atoms with Crippen LogP contribution in [0.2, 0.25) is 0 Å². The Morgan fingerprint density at radius 3 is 2.50 bits per heavy atom. The van der Waals surface area contributed by atoms with E-state index in [1.54, 1.807) is 12.4 Å². The highest BCUT2D eigenvalue weighted by molar-refractivity contribution is 5.85. The third-order valence-corrected chi connectivity index (χ3v) is 2.04. The fourth-order valence-electron chi connectivity index (χ4n) is 1.33. The van der Waals surface area contributed by atoms with Gasteiger partial charge in [0, 0.05) is 11.9 Å². The smallest absolute Gasteiger partial charge is 0.0697 e. The van der Waals surface area contributed by atoms with Crippen molar-refractivity contribution in [3.8, 4) is 0 Å². The zero-order valence-electron chi connectivity index (χ0n) is 8.63. The monoisotopic (exact) mass is 236 g/mol. The summed E-state index contributed by atoms with van der Waals surface area (Å²) in [7, 11) is 0. The quantitative estimate of drug-likeness (QED) is 0.862. The van der Waals surface area contributed by atoms with Crippen molar-refractivity contribution >= 4 is 23.8 Å². The van der Waals surface area contributed by atoms with Gasteiger partial charge in [0.1, 0.15) is 0 Å². The van der Waals surface area contributed by atoms with Crippen LogP contribution in [0, 0.1) is 0 Å². The normalized spacial score (nSPS) is 9.31. The Bertz CT molecular complexity index is 434. The molecule has 3 nitrogen and oxygen atoms in total. The Labute approximate surface area is 101 Å². The minimum Gasteiger partial charge on any atom is -0.392 e. The average molecular weight is 237 g/mol. The fourth-order valence-corrected chi connectivity index (χ4v) is 1.33. The highest BCUT2D eigenvalue weighted by Gasteiger charge is 1.96. The van der Waals surface area contributed by atoms with E-state index >= 15 is 0 Å². The lowest BCUT2D eigenvalue weighted by Gasteiger charge is -2.06. The minimum absolute atomic E-state index is 0. The van der Waals surface area contributed by atoms with E-state index < -0.39 is 0 Å². The van der Waals surface area contributed by atoms with Crippen LogP contribution in [0.4, 0.5) is 11.4 Å². The molecule has 0 saturated carbocycles. The van der Waals surface area contributed by atoms with Crippen molar-refractivity contribution in [2.45, 2.75) is 6.61 Å². The molecule has 0 saturated heterocycles. The van der Waals surface area contributed by atoms with Crippen molar-refractivity contribution in [3.05, 3.63) is 54.4 Å². The second-order valence-electron chi connectivity index (χ2n) is 3.23. The van der Waals surface area contributed by atoms with Crippen LogP contribution in [-0.2, 0) is 6.61 Å². The van der Waals surface area contributed by atoms with E-state index in [0.29, 0.717) is 0 Å². The molecule has 2 aromatic rings. The SMILES string of the molecule is Cl.OCc1cncc(Nc2ccccc2)c1. The molecular formula is C12H13ClN2O. The van der Waals surface area contributed by atoms with E-state index in [1.807, 2.05) is 36.4 Å². The standard InChI is InChI=1S/C12H12N2O.ClH/c15-9-10-6-12(8-13-7-10)14-11-4-2-1-3-5-11;/h1-8,14-15H,9H2;1H. The van der Waals surface area contributed by atoms with Crippen molar-refractivity contribution in [1.29, 1.82) is 0 Å². The third-order valence-electron chi connectivity index (χ3n) is 2.04. The first kappa shape index (κ1) is 12.5. The summed E-state index contributed by atoms with van der Waals surface area (Å²) in [6, 6.07) is 11.7. The number of nitrogens with one attached hydrogen (secondary N) is 1. The number of pyridine rings is 1. The molecule has 1 aromatic heterocycles. The molecule has 2 rings (SSSR count). The highest BCUT2D eigenvalue weighted by Crippen LogP contribution is 2.15. The minimum atomic E-state index is 0. The van der Waals surface area contributed by atoms with Crippen LogP contribution in [0.15, 0.2) is 48.8 Å². The molecule has 0 aliphatic rings. The van der Waals surface area contributed by atoms with Gasteiger partial charge in [0.25, 0.3) is 0 Å². The first-order valence-corrected chi connectivity index (χ1v) is 4.75. The molecule has 4 heteroatoms. The van der Waals surface area contributed by atoms with Gasteiger partial charge in [0.2, 0.25) is 0 Å². The topological polar surface area (TPSA) is 45.2 Å². The molecule has 16 heavy (non-hydrogen) atoms. The van der Waals surface area contributed by atoms with Gasteiger partial charge in [-0.05, 0) is 23.8 Å². The summed E-state index contributed by atoms with van der Waals surface area (Å²) in [6.45, 7) is 0.0112. The molecule has 0 amide bonds. The van der Waals surface area contributed by atoms with Crippen LogP contribution >= 0.6 is 12.4 Å². The summed E-state index contributed by atoms with van der Waals surface area (Å²) >= 11 is 0. The molecule has 1 heterocycles. The van der Waals surface area contributed by atoms with Gasteiger partial charge >= 0.3 is 0 Å². The van der Waals surface area contributed by atoms with Crippen molar-refractivity contribution in [3.63, 3.8) is 0 Å². The summed E-state index contributed by atoms with van der Waals surface area (Å²) in [5.41, 5.74) is 2.69. The van der Waals surface area contributed by atoms with E-state index in [0.717, 1.165) is 16.9 Å². The van der Waals surface area contributed by atoms with E-state index in [9.17, 15) is 0 Å². The van der Waals surface area contributed by atoms with Gasteiger partial charge in [0.15, 0.2) is 0 Å². The van der Waals surface area contributed by atoms with E-state index in [4.69, 9.17) is 5.11 Å². The van der Waals surface area contributed by atoms with Crippen LogP contribution in [0.25, 0.3) is 0 Å². The molecular weight excluding hydrogens is 224 g/mol. The van der Waals surface area contributed by atoms with Crippen LogP contribution in [0.1, 0.15) is 5.56 Å². The molecule has 0 fully saturated rings. The number of nitrogens with zero attached hydrogens (tertiary/aromatic N) is 1. The van der Waals surface area contributed by atoms with Gasteiger partial charge in [0.05, 0.1) is 18.5 Å². The van der Waals surface area contributed by atoms with E-state index in [2.05, 4.69) is 10.3 Å². The molecule has 84 valence electrons. The summed E-state index contributed by atoms with van der Waals surface area (Å²) in [6.07, 6.45) is 3.38. The van der Waals surface area contributed by atoms with E-state index in [1.165, 1.54) is 0 Å². The molecule has 0 unspecified atom stereocenters. The van der Waals surface area contributed by atoms with Crippen molar-refractivity contribution in [2.24, 2.45) is 0 Å². The highest BCUT2D eigenvalue weighted by atomic mass is 35.5. The summed E-state index contributed by atoms with van der Waals surface area (Å²) in [5.74, 6) is 0. The zero-order chi connectivity index (χ0) is 10.5. The summed E-state index contributed by atoms with van der Waals surface area (Å²) in [5, 5.41) is 12.2. The van der Waals surface area contributed by atoms with Crippen LogP contribution in [0.5, 0.6) is 0 Å². The Hall–Kier alpha value is -1.58. The van der Waals surface area contributed by atoms with Crippen LogP contribution in [0.3, 0.4) is 0 Å². The van der Waals surface area contributed by atoms with Gasteiger partial charge in [-0.15, -0.1) is 12.4 Å². The second-order valence-corrected chi connectivity index (χ2v) is 3.23. The predicted molar refractivity (Wildman–Crippen MR) is 67.1 cm³/mol. The average Bonchev–Trinajstić information content (AvgIpc) is 2.31. The number of para-hydroxylation sites is 1. The Morgan fingerprint density at radius 2 is 1.81 bits per heavy atom. The van der Waals surface area contributed by atoms with Crippen molar-refractivity contribution < 1.29 is 5.11 Å². The lowest BCUT2D eigenvalue weighted by atomic mass is 10.2. The van der Waals surface area contributed by atoms with Crippen LogP contribution in [-0.4, -0.2) is 10.1 Å². The Balaban J connectivity index is 0.00000128.